The second kappa shape index (κ2) is 5.75. The molecule has 0 atom stereocenters. The summed E-state index contributed by atoms with van der Waals surface area (Å²) in [6.07, 6.45) is -2.73. The maximum absolute atomic E-state index is 12.6. The standard InChI is InChI=1S/C14H15F3N2O2/c1-2-11-7-9(13(20)21)8-12(18-11)19-5-3-10(4-6-19)14(15,16)17/h3,7-8H,2,4-6H2,1H3,(H,20,21). The van der Waals surface area contributed by atoms with E-state index < -0.39 is 17.7 Å². The van der Waals surface area contributed by atoms with Gasteiger partial charge in [-0.2, -0.15) is 13.2 Å². The lowest BCUT2D eigenvalue weighted by molar-refractivity contribution is -0.0944. The van der Waals surface area contributed by atoms with Crippen LogP contribution in [0, 0.1) is 0 Å². The molecule has 1 N–H and O–H groups in total. The van der Waals surface area contributed by atoms with Gasteiger partial charge in [0.2, 0.25) is 0 Å². The Morgan fingerprint density at radius 2 is 2.14 bits per heavy atom. The number of carboxylic acids is 1. The van der Waals surface area contributed by atoms with Gasteiger partial charge in [0.25, 0.3) is 0 Å². The largest absolute Gasteiger partial charge is 0.478 e. The van der Waals surface area contributed by atoms with E-state index >= 15 is 0 Å². The van der Waals surface area contributed by atoms with Crippen LogP contribution in [0.25, 0.3) is 0 Å². The summed E-state index contributed by atoms with van der Waals surface area (Å²) in [5.74, 6) is -0.666. The first-order chi connectivity index (χ1) is 9.81. The molecule has 0 saturated carbocycles. The summed E-state index contributed by atoms with van der Waals surface area (Å²) in [5, 5.41) is 9.07. The number of carboxylic acid groups (broad SMARTS) is 1. The molecule has 0 amide bonds. The van der Waals surface area contributed by atoms with Crippen molar-refractivity contribution < 1.29 is 23.1 Å². The minimum atomic E-state index is -4.29. The number of aromatic carboxylic acids is 1. The summed E-state index contributed by atoms with van der Waals surface area (Å²) in [6, 6.07) is 2.88. The molecule has 2 heterocycles. The van der Waals surface area contributed by atoms with Crippen LogP contribution in [0.3, 0.4) is 0 Å². The zero-order valence-electron chi connectivity index (χ0n) is 11.4. The Morgan fingerprint density at radius 3 is 2.62 bits per heavy atom. The van der Waals surface area contributed by atoms with Gasteiger partial charge >= 0.3 is 12.1 Å². The third-order valence-corrected chi connectivity index (χ3v) is 3.37. The second-order valence-electron chi connectivity index (χ2n) is 4.79. The SMILES string of the molecule is CCc1cc(C(=O)O)cc(N2CC=C(C(F)(F)F)CC2)n1. The van der Waals surface area contributed by atoms with E-state index in [4.69, 9.17) is 5.11 Å². The summed E-state index contributed by atoms with van der Waals surface area (Å²) in [4.78, 5) is 17.0. The van der Waals surface area contributed by atoms with Crippen molar-refractivity contribution in [3.63, 3.8) is 0 Å². The van der Waals surface area contributed by atoms with Crippen LogP contribution in [0.4, 0.5) is 19.0 Å². The van der Waals surface area contributed by atoms with Crippen molar-refractivity contribution in [1.29, 1.82) is 0 Å². The number of aromatic nitrogens is 1. The van der Waals surface area contributed by atoms with Gasteiger partial charge in [0.15, 0.2) is 0 Å². The highest BCUT2D eigenvalue weighted by molar-refractivity contribution is 5.88. The number of hydrogen-bond acceptors (Lipinski definition) is 3. The van der Waals surface area contributed by atoms with Gasteiger partial charge in [0.05, 0.1) is 5.56 Å². The first kappa shape index (κ1) is 15.3. The molecule has 0 bridgehead atoms. The smallest absolute Gasteiger partial charge is 0.412 e. The molecule has 114 valence electrons. The third kappa shape index (κ3) is 3.53. The van der Waals surface area contributed by atoms with Crippen LogP contribution < -0.4 is 4.90 Å². The molecule has 2 rings (SSSR count). The first-order valence-corrected chi connectivity index (χ1v) is 6.56. The van der Waals surface area contributed by atoms with Crippen molar-refractivity contribution in [1.82, 2.24) is 4.98 Å². The lowest BCUT2D eigenvalue weighted by Crippen LogP contribution is -2.32. The van der Waals surface area contributed by atoms with Crippen molar-refractivity contribution in [3.05, 3.63) is 35.0 Å². The predicted octanol–water partition coefficient (Wildman–Crippen LogP) is 3.04. The Morgan fingerprint density at radius 1 is 1.43 bits per heavy atom. The number of carbonyl (C=O) groups is 1. The van der Waals surface area contributed by atoms with Crippen molar-refractivity contribution in [2.75, 3.05) is 18.0 Å². The van der Waals surface area contributed by atoms with Gasteiger partial charge < -0.3 is 10.0 Å². The number of halogens is 3. The van der Waals surface area contributed by atoms with Crippen molar-refractivity contribution in [2.24, 2.45) is 0 Å². The molecule has 0 aromatic carbocycles. The van der Waals surface area contributed by atoms with Gasteiger partial charge in [-0.25, -0.2) is 9.78 Å². The lowest BCUT2D eigenvalue weighted by Gasteiger charge is -2.28. The van der Waals surface area contributed by atoms with E-state index in [0.29, 0.717) is 17.9 Å². The fourth-order valence-corrected chi connectivity index (χ4v) is 2.17. The molecule has 0 unspecified atom stereocenters. The Balaban J connectivity index is 2.26. The number of alkyl halides is 3. The Labute approximate surface area is 119 Å². The Bertz CT molecular complexity index is 582. The number of anilines is 1. The highest BCUT2D eigenvalue weighted by atomic mass is 19.4. The topological polar surface area (TPSA) is 53.4 Å². The first-order valence-electron chi connectivity index (χ1n) is 6.56. The average Bonchev–Trinajstić information content (AvgIpc) is 2.46. The van der Waals surface area contributed by atoms with E-state index in [-0.39, 0.29) is 25.1 Å². The molecule has 1 aliphatic heterocycles. The molecular formula is C14H15F3N2O2. The van der Waals surface area contributed by atoms with Crippen LogP contribution in [0.1, 0.15) is 29.4 Å². The van der Waals surface area contributed by atoms with E-state index in [0.717, 1.165) is 6.08 Å². The maximum Gasteiger partial charge on any atom is 0.412 e. The van der Waals surface area contributed by atoms with Gasteiger partial charge in [-0.15, -0.1) is 0 Å². The quantitative estimate of drug-likeness (QED) is 0.872. The summed E-state index contributed by atoms with van der Waals surface area (Å²) in [7, 11) is 0. The molecule has 1 aromatic rings. The van der Waals surface area contributed by atoms with Crippen LogP contribution >= 0.6 is 0 Å². The van der Waals surface area contributed by atoms with Gasteiger partial charge in [0, 0.05) is 24.4 Å². The third-order valence-electron chi connectivity index (χ3n) is 3.37. The summed E-state index contributed by atoms with van der Waals surface area (Å²) in [6.45, 7) is 2.09. The van der Waals surface area contributed by atoms with E-state index in [9.17, 15) is 18.0 Å². The molecule has 0 spiro atoms. The maximum atomic E-state index is 12.6. The zero-order chi connectivity index (χ0) is 15.6. The molecular weight excluding hydrogens is 285 g/mol. The molecule has 7 heteroatoms. The summed E-state index contributed by atoms with van der Waals surface area (Å²) in [5.41, 5.74) is 0.168. The minimum Gasteiger partial charge on any atom is -0.478 e. The molecule has 0 aliphatic carbocycles. The average molecular weight is 300 g/mol. The molecule has 21 heavy (non-hydrogen) atoms. The number of nitrogens with zero attached hydrogens (tertiary/aromatic N) is 2. The van der Waals surface area contributed by atoms with Crippen LogP contribution in [0.2, 0.25) is 0 Å². The van der Waals surface area contributed by atoms with Gasteiger partial charge in [-0.3, -0.25) is 0 Å². The minimum absolute atomic E-state index is 0.0775. The van der Waals surface area contributed by atoms with Crippen molar-refractivity contribution in [3.8, 4) is 0 Å². The fourth-order valence-electron chi connectivity index (χ4n) is 2.17. The number of hydrogen-bond donors (Lipinski definition) is 1. The van der Waals surface area contributed by atoms with E-state index in [2.05, 4.69) is 4.98 Å². The van der Waals surface area contributed by atoms with Crippen LogP contribution in [-0.4, -0.2) is 35.3 Å². The lowest BCUT2D eigenvalue weighted by atomic mass is 10.1. The van der Waals surface area contributed by atoms with Gasteiger partial charge in [-0.05, 0) is 25.0 Å². The molecule has 1 aromatic heterocycles. The second-order valence-corrected chi connectivity index (χ2v) is 4.79. The molecule has 0 radical (unpaired) electrons. The fraction of sp³-hybridized carbons (Fsp3) is 0.429. The Hall–Kier alpha value is -2.05. The van der Waals surface area contributed by atoms with Crippen molar-refractivity contribution >= 4 is 11.8 Å². The summed E-state index contributed by atoms with van der Waals surface area (Å²) >= 11 is 0. The van der Waals surface area contributed by atoms with Crippen LogP contribution in [-0.2, 0) is 6.42 Å². The van der Waals surface area contributed by atoms with Crippen LogP contribution in [0.15, 0.2) is 23.8 Å². The molecule has 0 fully saturated rings. The normalized spacial score (nSPS) is 15.8. The molecule has 1 aliphatic rings. The van der Waals surface area contributed by atoms with E-state index in [1.54, 1.807) is 4.90 Å². The van der Waals surface area contributed by atoms with E-state index in [1.807, 2.05) is 6.92 Å². The predicted molar refractivity (Wildman–Crippen MR) is 71.5 cm³/mol. The molecule has 0 saturated heterocycles. The number of aryl methyl sites for hydroxylation is 1. The van der Waals surface area contributed by atoms with Gasteiger partial charge in [0.1, 0.15) is 5.82 Å². The number of rotatable bonds is 3. The highest BCUT2D eigenvalue weighted by Gasteiger charge is 2.35. The highest BCUT2D eigenvalue weighted by Crippen LogP contribution is 2.31. The Kier molecular flexibility index (Phi) is 4.20. The summed E-state index contributed by atoms with van der Waals surface area (Å²) < 4.78 is 37.7. The van der Waals surface area contributed by atoms with Crippen molar-refractivity contribution in [2.45, 2.75) is 25.9 Å². The van der Waals surface area contributed by atoms with Crippen LogP contribution in [0.5, 0.6) is 0 Å². The van der Waals surface area contributed by atoms with E-state index in [1.165, 1.54) is 12.1 Å². The monoisotopic (exact) mass is 300 g/mol. The molecule has 4 nitrogen and oxygen atoms in total. The van der Waals surface area contributed by atoms with Gasteiger partial charge in [-0.1, -0.05) is 13.0 Å². The zero-order valence-corrected chi connectivity index (χ0v) is 11.4. The number of pyridine rings is 1.